The van der Waals surface area contributed by atoms with Gasteiger partial charge in [-0.2, -0.15) is 13.2 Å². The van der Waals surface area contributed by atoms with E-state index in [1.165, 1.54) is 6.07 Å². The zero-order chi connectivity index (χ0) is 10.1. The average Bonchev–Trinajstić information content (AvgIpc) is 2.03. The second-order valence-electron chi connectivity index (χ2n) is 2.80. The standard InChI is InChI=1S/C9H9F3O/c1-6-2-3-8(9(10,11)12)4-7(6)5-13/h2-4,13H,5H2,1H3. The molecule has 0 saturated heterocycles. The van der Waals surface area contributed by atoms with E-state index in [4.69, 9.17) is 5.11 Å². The summed E-state index contributed by atoms with van der Waals surface area (Å²) in [7, 11) is 0. The lowest BCUT2D eigenvalue weighted by Gasteiger charge is -2.09. The van der Waals surface area contributed by atoms with E-state index in [1.807, 2.05) is 0 Å². The molecule has 0 fully saturated rings. The van der Waals surface area contributed by atoms with Crippen LogP contribution in [-0.4, -0.2) is 5.11 Å². The number of alkyl halides is 3. The van der Waals surface area contributed by atoms with E-state index in [2.05, 4.69) is 0 Å². The second-order valence-corrected chi connectivity index (χ2v) is 2.80. The van der Waals surface area contributed by atoms with E-state index < -0.39 is 11.7 Å². The quantitative estimate of drug-likeness (QED) is 0.721. The Morgan fingerprint density at radius 1 is 1.31 bits per heavy atom. The number of hydrogen-bond acceptors (Lipinski definition) is 1. The van der Waals surface area contributed by atoms with Crippen LogP contribution in [0.4, 0.5) is 13.2 Å². The van der Waals surface area contributed by atoms with Gasteiger partial charge >= 0.3 is 6.18 Å². The minimum Gasteiger partial charge on any atom is -0.392 e. The molecule has 13 heavy (non-hydrogen) atoms. The van der Waals surface area contributed by atoms with Crippen LogP contribution in [0.15, 0.2) is 18.2 Å². The molecule has 0 atom stereocenters. The molecule has 0 aliphatic heterocycles. The topological polar surface area (TPSA) is 20.2 Å². The van der Waals surface area contributed by atoms with Crippen molar-refractivity contribution in [1.82, 2.24) is 0 Å². The van der Waals surface area contributed by atoms with Crippen molar-refractivity contribution < 1.29 is 18.3 Å². The average molecular weight is 190 g/mol. The third-order valence-corrected chi connectivity index (χ3v) is 1.85. The third kappa shape index (κ3) is 2.21. The lowest BCUT2D eigenvalue weighted by Crippen LogP contribution is -2.06. The summed E-state index contributed by atoms with van der Waals surface area (Å²) in [5, 5.41) is 8.74. The molecular weight excluding hydrogens is 181 g/mol. The van der Waals surface area contributed by atoms with Gasteiger partial charge in [-0.15, -0.1) is 0 Å². The maximum atomic E-state index is 12.2. The predicted octanol–water partition coefficient (Wildman–Crippen LogP) is 2.51. The molecule has 72 valence electrons. The molecule has 0 radical (unpaired) electrons. The molecule has 0 heterocycles. The van der Waals surface area contributed by atoms with E-state index in [1.54, 1.807) is 6.92 Å². The van der Waals surface area contributed by atoms with Crippen LogP contribution >= 0.6 is 0 Å². The summed E-state index contributed by atoms with van der Waals surface area (Å²) in [5.41, 5.74) is 0.257. The number of aryl methyl sites for hydroxylation is 1. The number of benzene rings is 1. The van der Waals surface area contributed by atoms with Crippen molar-refractivity contribution in [2.75, 3.05) is 0 Å². The molecule has 0 bridgehead atoms. The summed E-state index contributed by atoms with van der Waals surface area (Å²) in [6, 6.07) is 3.33. The summed E-state index contributed by atoms with van der Waals surface area (Å²) in [6.07, 6.45) is -4.34. The molecule has 0 unspecified atom stereocenters. The lowest BCUT2D eigenvalue weighted by atomic mass is 10.1. The van der Waals surface area contributed by atoms with Gasteiger partial charge in [-0.05, 0) is 30.2 Å². The van der Waals surface area contributed by atoms with Gasteiger partial charge in [-0.3, -0.25) is 0 Å². The number of hydrogen-bond donors (Lipinski definition) is 1. The Balaban J connectivity index is 3.14. The van der Waals surface area contributed by atoms with Crippen LogP contribution in [0, 0.1) is 6.92 Å². The highest BCUT2D eigenvalue weighted by Crippen LogP contribution is 2.30. The first-order valence-corrected chi connectivity index (χ1v) is 3.72. The molecule has 0 aliphatic rings. The SMILES string of the molecule is Cc1ccc(C(F)(F)F)cc1CO. The van der Waals surface area contributed by atoms with Crippen molar-refractivity contribution in [2.24, 2.45) is 0 Å². The minimum atomic E-state index is -4.34. The van der Waals surface area contributed by atoms with E-state index in [-0.39, 0.29) is 6.61 Å². The Morgan fingerprint density at radius 2 is 1.92 bits per heavy atom. The van der Waals surface area contributed by atoms with Crippen molar-refractivity contribution in [3.63, 3.8) is 0 Å². The molecule has 4 heteroatoms. The van der Waals surface area contributed by atoms with Crippen molar-refractivity contribution in [3.05, 3.63) is 34.9 Å². The summed E-state index contributed by atoms with van der Waals surface area (Å²) < 4.78 is 36.5. The molecule has 0 amide bonds. The molecule has 1 nitrogen and oxygen atoms in total. The van der Waals surface area contributed by atoms with E-state index in [9.17, 15) is 13.2 Å². The van der Waals surface area contributed by atoms with Crippen LogP contribution < -0.4 is 0 Å². The molecule has 1 aromatic carbocycles. The molecule has 0 spiro atoms. The zero-order valence-corrected chi connectivity index (χ0v) is 7.02. The van der Waals surface area contributed by atoms with Crippen molar-refractivity contribution in [1.29, 1.82) is 0 Å². The smallest absolute Gasteiger partial charge is 0.392 e. The largest absolute Gasteiger partial charge is 0.416 e. The second kappa shape index (κ2) is 3.38. The van der Waals surface area contributed by atoms with Crippen LogP contribution in [0.25, 0.3) is 0 Å². The number of halogens is 3. The van der Waals surface area contributed by atoms with E-state index in [0.29, 0.717) is 11.1 Å². The van der Waals surface area contributed by atoms with Gasteiger partial charge in [-0.1, -0.05) is 6.07 Å². The van der Waals surface area contributed by atoms with Gasteiger partial charge in [0.25, 0.3) is 0 Å². The van der Waals surface area contributed by atoms with Gasteiger partial charge in [0.2, 0.25) is 0 Å². The van der Waals surface area contributed by atoms with Crippen LogP contribution in [0.3, 0.4) is 0 Å². The van der Waals surface area contributed by atoms with E-state index in [0.717, 1.165) is 12.1 Å². The molecule has 1 aromatic rings. The summed E-state index contributed by atoms with van der Waals surface area (Å²) in [4.78, 5) is 0. The molecular formula is C9H9F3O. The third-order valence-electron chi connectivity index (χ3n) is 1.85. The zero-order valence-electron chi connectivity index (χ0n) is 7.02. The monoisotopic (exact) mass is 190 g/mol. The van der Waals surface area contributed by atoms with Gasteiger partial charge in [0, 0.05) is 0 Å². The van der Waals surface area contributed by atoms with Gasteiger partial charge < -0.3 is 5.11 Å². The maximum absolute atomic E-state index is 12.2. The normalized spacial score (nSPS) is 11.8. The minimum absolute atomic E-state index is 0.315. The number of aliphatic hydroxyl groups excluding tert-OH is 1. The summed E-state index contributed by atoms with van der Waals surface area (Å²) in [6.45, 7) is 1.29. The molecule has 0 aliphatic carbocycles. The Hall–Kier alpha value is -1.03. The van der Waals surface area contributed by atoms with Gasteiger partial charge in [0.15, 0.2) is 0 Å². The molecule has 1 N–H and O–H groups in total. The fraction of sp³-hybridized carbons (Fsp3) is 0.333. The molecule has 0 saturated carbocycles. The number of aliphatic hydroxyl groups is 1. The Bertz CT molecular complexity index is 304. The van der Waals surface area contributed by atoms with E-state index >= 15 is 0 Å². The highest BCUT2D eigenvalue weighted by molar-refractivity contribution is 5.31. The van der Waals surface area contributed by atoms with Gasteiger partial charge in [0.05, 0.1) is 12.2 Å². The first-order chi connectivity index (χ1) is 5.95. The van der Waals surface area contributed by atoms with Crippen molar-refractivity contribution >= 4 is 0 Å². The summed E-state index contributed by atoms with van der Waals surface area (Å²) >= 11 is 0. The highest BCUT2D eigenvalue weighted by atomic mass is 19.4. The Morgan fingerprint density at radius 3 is 2.38 bits per heavy atom. The fourth-order valence-electron chi connectivity index (χ4n) is 1.02. The van der Waals surface area contributed by atoms with Crippen molar-refractivity contribution in [2.45, 2.75) is 19.7 Å². The van der Waals surface area contributed by atoms with Crippen LogP contribution in [0.1, 0.15) is 16.7 Å². The molecule has 1 rings (SSSR count). The first-order valence-electron chi connectivity index (χ1n) is 3.72. The van der Waals surface area contributed by atoms with Crippen molar-refractivity contribution in [3.8, 4) is 0 Å². The lowest BCUT2D eigenvalue weighted by molar-refractivity contribution is -0.137. The summed E-state index contributed by atoms with van der Waals surface area (Å²) in [5.74, 6) is 0. The first kappa shape index (κ1) is 10.1. The van der Waals surface area contributed by atoms with Crippen LogP contribution in [0.5, 0.6) is 0 Å². The van der Waals surface area contributed by atoms with Crippen LogP contribution in [0.2, 0.25) is 0 Å². The van der Waals surface area contributed by atoms with Gasteiger partial charge in [-0.25, -0.2) is 0 Å². The Kier molecular flexibility index (Phi) is 2.61. The highest BCUT2D eigenvalue weighted by Gasteiger charge is 2.30. The predicted molar refractivity (Wildman–Crippen MR) is 42.1 cm³/mol. The van der Waals surface area contributed by atoms with Gasteiger partial charge in [0.1, 0.15) is 0 Å². The molecule has 0 aromatic heterocycles. The Labute approximate surface area is 73.8 Å². The fourth-order valence-corrected chi connectivity index (χ4v) is 1.02. The van der Waals surface area contributed by atoms with Crippen LogP contribution in [-0.2, 0) is 12.8 Å². The maximum Gasteiger partial charge on any atom is 0.416 e. The number of rotatable bonds is 1.